The number of rotatable bonds is 8. The molecule has 0 aliphatic carbocycles. The van der Waals surface area contributed by atoms with Crippen LogP contribution in [0.3, 0.4) is 0 Å². The number of phenolic OH excluding ortho intramolecular Hbond substituents is 1. The SMILES string of the molecule is CCCc1c(C(=O)NN=Cc2cc(OC)c(O)c(OC)c2)nnn1-c1nonc1N. The van der Waals surface area contributed by atoms with Crippen molar-refractivity contribution >= 4 is 17.9 Å². The third-order valence-corrected chi connectivity index (χ3v) is 4.04. The van der Waals surface area contributed by atoms with E-state index in [-0.39, 0.29) is 34.6 Å². The molecule has 0 saturated heterocycles. The predicted octanol–water partition coefficient (Wildman–Crippen LogP) is 0.672. The van der Waals surface area contributed by atoms with Crippen molar-refractivity contribution in [1.29, 1.82) is 0 Å². The van der Waals surface area contributed by atoms with Gasteiger partial charge in [-0.25, -0.2) is 10.1 Å². The number of nitrogens with one attached hydrogen (secondary N) is 1. The summed E-state index contributed by atoms with van der Waals surface area (Å²) in [6.07, 6.45) is 2.57. The van der Waals surface area contributed by atoms with Gasteiger partial charge in [0.2, 0.25) is 17.4 Å². The van der Waals surface area contributed by atoms with Crippen molar-refractivity contribution in [1.82, 2.24) is 30.7 Å². The summed E-state index contributed by atoms with van der Waals surface area (Å²) in [7, 11) is 2.82. The molecule has 2 aromatic heterocycles. The fraction of sp³-hybridized carbons (Fsp3) is 0.294. The number of aromatic hydroxyl groups is 1. The number of amides is 1. The van der Waals surface area contributed by atoms with E-state index in [1.807, 2.05) is 6.92 Å². The second-order valence-corrected chi connectivity index (χ2v) is 5.99. The molecule has 2 heterocycles. The molecule has 0 aliphatic heterocycles. The first-order valence-electron chi connectivity index (χ1n) is 8.81. The van der Waals surface area contributed by atoms with Gasteiger partial charge < -0.3 is 20.3 Å². The first-order valence-corrected chi connectivity index (χ1v) is 8.81. The van der Waals surface area contributed by atoms with Crippen molar-refractivity contribution in [3.05, 3.63) is 29.1 Å². The summed E-state index contributed by atoms with van der Waals surface area (Å²) in [6, 6.07) is 3.07. The molecule has 30 heavy (non-hydrogen) atoms. The van der Waals surface area contributed by atoms with Crippen molar-refractivity contribution in [2.24, 2.45) is 5.10 Å². The Balaban J connectivity index is 1.82. The Kier molecular flexibility index (Phi) is 6.10. The summed E-state index contributed by atoms with van der Waals surface area (Å²) in [4.78, 5) is 12.6. The number of anilines is 1. The van der Waals surface area contributed by atoms with Gasteiger partial charge in [-0.3, -0.25) is 4.79 Å². The molecule has 4 N–H and O–H groups in total. The van der Waals surface area contributed by atoms with Crippen LogP contribution in [0, 0.1) is 0 Å². The molecule has 3 rings (SSSR count). The van der Waals surface area contributed by atoms with E-state index in [9.17, 15) is 9.90 Å². The van der Waals surface area contributed by atoms with E-state index in [2.05, 4.69) is 35.8 Å². The molecule has 0 aliphatic rings. The Hall–Kier alpha value is -4.16. The summed E-state index contributed by atoms with van der Waals surface area (Å²) < 4.78 is 16.1. The molecule has 0 bridgehead atoms. The predicted molar refractivity (Wildman–Crippen MR) is 104 cm³/mol. The molecule has 0 radical (unpaired) electrons. The zero-order chi connectivity index (χ0) is 21.7. The highest BCUT2D eigenvalue weighted by atomic mass is 16.6. The minimum absolute atomic E-state index is 0.0254. The Morgan fingerprint density at radius 2 is 2.03 bits per heavy atom. The average Bonchev–Trinajstić information content (AvgIpc) is 3.34. The van der Waals surface area contributed by atoms with Gasteiger partial charge in [-0.05, 0) is 28.9 Å². The molecule has 0 atom stereocenters. The Morgan fingerprint density at radius 3 is 2.60 bits per heavy atom. The molecular formula is C17H20N8O5. The lowest BCUT2D eigenvalue weighted by atomic mass is 10.2. The maximum Gasteiger partial charge on any atom is 0.293 e. The number of carbonyl (C=O) groups excluding carboxylic acids is 1. The van der Waals surface area contributed by atoms with Gasteiger partial charge in [0.1, 0.15) is 0 Å². The van der Waals surface area contributed by atoms with Crippen LogP contribution < -0.4 is 20.6 Å². The molecule has 0 spiro atoms. The smallest absolute Gasteiger partial charge is 0.293 e. The van der Waals surface area contributed by atoms with Crippen LogP contribution in [0.15, 0.2) is 21.9 Å². The zero-order valence-electron chi connectivity index (χ0n) is 16.5. The second kappa shape index (κ2) is 8.89. The standard InChI is InChI=1S/C17H20N8O5/c1-4-5-10-13(20-24-25(10)16-15(18)22-30-23-16)17(27)21-19-8-9-6-11(28-2)14(26)12(7-9)29-3/h6-8,26H,4-5H2,1-3H3,(H2,18,22)(H,21,27). The zero-order valence-corrected chi connectivity index (χ0v) is 16.5. The lowest BCUT2D eigenvalue weighted by molar-refractivity contribution is 0.0949. The third kappa shape index (κ3) is 3.99. The number of benzene rings is 1. The van der Waals surface area contributed by atoms with Crippen LogP contribution in [-0.2, 0) is 6.42 Å². The Bertz CT molecular complexity index is 1050. The normalized spacial score (nSPS) is 11.0. The van der Waals surface area contributed by atoms with E-state index in [1.54, 1.807) is 0 Å². The van der Waals surface area contributed by atoms with Gasteiger partial charge in [0.25, 0.3) is 5.91 Å². The topological polar surface area (TPSA) is 176 Å². The highest BCUT2D eigenvalue weighted by Crippen LogP contribution is 2.36. The number of nitrogen functional groups attached to an aromatic ring is 1. The van der Waals surface area contributed by atoms with Crippen LogP contribution in [-0.4, -0.2) is 56.8 Å². The minimum Gasteiger partial charge on any atom is -0.502 e. The van der Waals surface area contributed by atoms with E-state index in [1.165, 1.54) is 37.2 Å². The van der Waals surface area contributed by atoms with E-state index < -0.39 is 5.91 Å². The number of hydrogen-bond acceptors (Lipinski definition) is 11. The first-order chi connectivity index (χ1) is 14.5. The molecule has 1 amide bonds. The summed E-state index contributed by atoms with van der Waals surface area (Å²) >= 11 is 0. The van der Waals surface area contributed by atoms with Crippen molar-refractivity contribution in [3.8, 4) is 23.1 Å². The fourth-order valence-corrected chi connectivity index (χ4v) is 2.65. The second-order valence-electron chi connectivity index (χ2n) is 5.99. The monoisotopic (exact) mass is 416 g/mol. The molecule has 1 aromatic carbocycles. The minimum atomic E-state index is -0.575. The lowest BCUT2D eigenvalue weighted by Crippen LogP contribution is -2.20. The maximum atomic E-state index is 12.6. The molecular weight excluding hydrogens is 396 g/mol. The van der Waals surface area contributed by atoms with Crippen LogP contribution in [0.2, 0.25) is 0 Å². The van der Waals surface area contributed by atoms with Gasteiger partial charge in [-0.15, -0.1) is 5.10 Å². The van der Waals surface area contributed by atoms with Crippen molar-refractivity contribution in [2.75, 3.05) is 20.0 Å². The number of nitrogens with zero attached hydrogens (tertiary/aromatic N) is 6. The maximum absolute atomic E-state index is 12.6. The first kappa shape index (κ1) is 20.6. The van der Waals surface area contributed by atoms with Crippen molar-refractivity contribution in [2.45, 2.75) is 19.8 Å². The van der Waals surface area contributed by atoms with Gasteiger partial charge in [0.15, 0.2) is 17.2 Å². The van der Waals surface area contributed by atoms with Gasteiger partial charge in [-0.2, -0.15) is 9.78 Å². The Morgan fingerprint density at radius 1 is 1.33 bits per heavy atom. The summed E-state index contributed by atoms with van der Waals surface area (Å²) in [5, 5.41) is 28.9. The highest BCUT2D eigenvalue weighted by Gasteiger charge is 2.23. The molecule has 3 aromatic rings. The summed E-state index contributed by atoms with van der Waals surface area (Å²) in [5.74, 6) is -0.130. The van der Waals surface area contributed by atoms with E-state index in [0.717, 1.165) is 6.42 Å². The number of nitrogens with two attached hydrogens (primary N) is 1. The van der Waals surface area contributed by atoms with Crippen LogP contribution in [0.5, 0.6) is 17.2 Å². The molecule has 13 heteroatoms. The number of hydrogen-bond donors (Lipinski definition) is 3. The van der Waals surface area contributed by atoms with Crippen molar-refractivity contribution in [3.63, 3.8) is 0 Å². The number of carbonyl (C=O) groups is 1. The van der Waals surface area contributed by atoms with Gasteiger partial charge in [0, 0.05) is 5.56 Å². The van der Waals surface area contributed by atoms with Gasteiger partial charge >= 0.3 is 0 Å². The highest BCUT2D eigenvalue weighted by molar-refractivity contribution is 5.94. The van der Waals surface area contributed by atoms with Crippen molar-refractivity contribution < 1.29 is 24.0 Å². The molecule has 0 unspecified atom stereocenters. The largest absolute Gasteiger partial charge is 0.502 e. The number of ether oxygens (including phenoxy) is 2. The third-order valence-electron chi connectivity index (χ3n) is 4.04. The fourth-order valence-electron chi connectivity index (χ4n) is 2.65. The van der Waals surface area contributed by atoms with E-state index >= 15 is 0 Å². The molecule has 0 saturated carbocycles. The number of methoxy groups -OCH3 is 2. The number of aromatic nitrogens is 5. The lowest BCUT2D eigenvalue weighted by Gasteiger charge is -2.09. The van der Waals surface area contributed by atoms with Gasteiger partial charge in [0.05, 0.1) is 26.1 Å². The Labute approximate surface area is 170 Å². The quantitative estimate of drug-likeness (QED) is 0.349. The van der Waals surface area contributed by atoms with Crippen LogP contribution in [0.1, 0.15) is 35.1 Å². The summed E-state index contributed by atoms with van der Waals surface area (Å²) in [6.45, 7) is 1.94. The average molecular weight is 416 g/mol. The van der Waals surface area contributed by atoms with E-state index in [4.69, 9.17) is 15.2 Å². The van der Waals surface area contributed by atoms with E-state index in [0.29, 0.717) is 17.7 Å². The molecule has 0 fully saturated rings. The molecule has 13 nitrogen and oxygen atoms in total. The van der Waals surface area contributed by atoms with Crippen LogP contribution in [0.4, 0.5) is 5.82 Å². The van der Waals surface area contributed by atoms with Gasteiger partial charge in [-0.1, -0.05) is 18.6 Å². The molecule has 158 valence electrons. The number of phenols is 1. The van der Waals surface area contributed by atoms with Crippen LogP contribution >= 0.6 is 0 Å². The number of hydrazone groups is 1. The summed E-state index contributed by atoms with van der Waals surface area (Å²) in [5.41, 5.74) is 9.18. The van der Waals surface area contributed by atoms with Crippen LogP contribution in [0.25, 0.3) is 5.82 Å².